The van der Waals surface area contributed by atoms with Gasteiger partial charge in [-0.25, -0.2) is 0 Å². The highest BCUT2D eigenvalue weighted by Gasteiger charge is 2.37. The molecule has 2 unspecified atom stereocenters. The second kappa shape index (κ2) is 4.73. The third-order valence-corrected chi connectivity index (χ3v) is 5.10. The van der Waals surface area contributed by atoms with Crippen molar-refractivity contribution >= 4 is 14.5 Å². The number of rotatable bonds is 4. The normalized spacial score (nSPS) is 17.7. The highest BCUT2D eigenvalue weighted by molar-refractivity contribution is 6.66. The second-order valence-electron chi connectivity index (χ2n) is 3.29. The largest absolute Gasteiger partial charge is 0.410 e. The lowest BCUT2D eigenvalue weighted by Crippen LogP contribution is -2.55. The fraction of sp³-hybridized carbons (Fsp3) is 0.875. The zero-order valence-corrected chi connectivity index (χ0v) is 10.00. The summed E-state index contributed by atoms with van der Waals surface area (Å²) in [7, 11) is -1.05. The number of carbonyl (C=O) groups is 1. The topological polar surface area (TPSA) is 49.8 Å². The van der Waals surface area contributed by atoms with Gasteiger partial charge in [0, 0.05) is 20.6 Å². The van der Waals surface area contributed by atoms with E-state index in [-0.39, 0.29) is 11.6 Å². The fourth-order valence-electron chi connectivity index (χ4n) is 1.04. The first-order valence-electron chi connectivity index (χ1n) is 4.42. The van der Waals surface area contributed by atoms with Gasteiger partial charge >= 0.3 is 8.56 Å². The van der Waals surface area contributed by atoms with Crippen molar-refractivity contribution in [2.24, 2.45) is 0 Å². The molecule has 13 heavy (non-hydrogen) atoms. The molecule has 0 aromatic heterocycles. The molecule has 2 atom stereocenters. The Morgan fingerprint density at radius 2 is 2.15 bits per heavy atom. The molecule has 0 rings (SSSR count). The summed E-state index contributed by atoms with van der Waals surface area (Å²) in [4.78, 5) is 22.5. The minimum absolute atomic E-state index is 0.0556. The van der Waals surface area contributed by atoms with Crippen LogP contribution in [0, 0.1) is 0 Å². The monoisotopic (exact) mass is 205 g/mol. The number of carbonyl (C=O) groups excluding carboxylic acids is 1. The van der Waals surface area contributed by atoms with Crippen LogP contribution < -0.4 is 0 Å². The highest BCUT2D eigenvalue weighted by atomic mass is 28.4. The molecule has 0 radical (unpaired) electrons. The van der Waals surface area contributed by atoms with Crippen LogP contribution in [-0.2, 0) is 9.22 Å². The molecule has 1 amide bonds. The number of hydrogen-bond donors (Lipinski definition) is 1. The van der Waals surface area contributed by atoms with E-state index in [0.717, 1.165) is 0 Å². The Labute approximate surface area is 80.8 Å². The SMILES string of the molecule is CCO[Si](C)(O)C(C)N(C)C(C)=O. The van der Waals surface area contributed by atoms with Gasteiger partial charge in [-0.05, 0) is 20.4 Å². The molecule has 4 nitrogen and oxygen atoms in total. The van der Waals surface area contributed by atoms with Crippen LogP contribution in [0.5, 0.6) is 0 Å². The summed E-state index contributed by atoms with van der Waals surface area (Å²) in [5.74, 6) is -0.0556. The standard InChI is InChI=1S/C8H19NO3Si/c1-6-12-13(5,11)8(3)9(4)7(2)10/h8,11H,6H2,1-5H3. The van der Waals surface area contributed by atoms with Gasteiger partial charge in [0.05, 0.1) is 5.67 Å². The van der Waals surface area contributed by atoms with Crippen molar-refractivity contribution in [3.05, 3.63) is 0 Å². The molecule has 0 aliphatic heterocycles. The Bertz CT molecular complexity index is 184. The summed E-state index contributed by atoms with van der Waals surface area (Å²) in [6.45, 7) is 7.30. The summed E-state index contributed by atoms with van der Waals surface area (Å²) in [5.41, 5.74) is -0.218. The minimum atomic E-state index is -2.73. The first-order valence-corrected chi connectivity index (χ1v) is 6.86. The zero-order chi connectivity index (χ0) is 10.6. The molecule has 0 aromatic carbocycles. The summed E-state index contributed by atoms with van der Waals surface area (Å²) in [5, 5.41) is 0. The molecular weight excluding hydrogens is 186 g/mol. The van der Waals surface area contributed by atoms with Crippen molar-refractivity contribution in [3.63, 3.8) is 0 Å². The van der Waals surface area contributed by atoms with E-state index in [1.807, 2.05) is 13.8 Å². The van der Waals surface area contributed by atoms with E-state index < -0.39 is 8.56 Å². The lowest BCUT2D eigenvalue weighted by molar-refractivity contribution is -0.128. The van der Waals surface area contributed by atoms with Gasteiger partial charge in [-0.2, -0.15) is 0 Å². The third kappa shape index (κ3) is 3.46. The first-order chi connectivity index (χ1) is 5.83. The number of hydrogen-bond acceptors (Lipinski definition) is 3. The van der Waals surface area contributed by atoms with Gasteiger partial charge in [-0.1, -0.05) is 0 Å². The predicted molar refractivity (Wildman–Crippen MR) is 53.4 cm³/mol. The molecule has 0 aliphatic carbocycles. The van der Waals surface area contributed by atoms with Crippen molar-refractivity contribution < 1.29 is 14.0 Å². The molecule has 1 N–H and O–H groups in total. The molecule has 0 spiro atoms. The van der Waals surface area contributed by atoms with Crippen molar-refractivity contribution in [2.75, 3.05) is 13.7 Å². The van der Waals surface area contributed by atoms with Gasteiger partial charge in [0.1, 0.15) is 0 Å². The summed E-state index contributed by atoms with van der Waals surface area (Å²) in [6.07, 6.45) is 0. The van der Waals surface area contributed by atoms with E-state index in [0.29, 0.717) is 6.61 Å². The first kappa shape index (κ1) is 12.6. The molecule has 0 bridgehead atoms. The van der Waals surface area contributed by atoms with E-state index in [2.05, 4.69) is 0 Å². The van der Waals surface area contributed by atoms with Gasteiger partial charge < -0.3 is 14.1 Å². The minimum Gasteiger partial charge on any atom is -0.410 e. The number of nitrogens with zero attached hydrogens (tertiary/aromatic N) is 1. The average Bonchev–Trinajstić information content (AvgIpc) is 2.01. The molecule has 5 heteroatoms. The smallest absolute Gasteiger partial charge is 0.355 e. The maximum atomic E-state index is 11.0. The molecule has 0 heterocycles. The van der Waals surface area contributed by atoms with E-state index in [1.54, 1.807) is 13.6 Å². The van der Waals surface area contributed by atoms with Crippen molar-refractivity contribution in [2.45, 2.75) is 33.0 Å². The van der Waals surface area contributed by atoms with Gasteiger partial charge in [-0.15, -0.1) is 0 Å². The predicted octanol–water partition coefficient (Wildman–Crippen LogP) is 0.493. The lowest BCUT2D eigenvalue weighted by atomic mass is 10.5. The molecule has 0 aliphatic rings. The van der Waals surface area contributed by atoms with Crippen LogP contribution in [0.4, 0.5) is 0 Å². The van der Waals surface area contributed by atoms with Crippen molar-refractivity contribution in [1.29, 1.82) is 0 Å². The van der Waals surface area contributed by atoms with Crippen molar-refractivity contribution in [1.82, 2.24) is 4.90 Å². The van der Waals surface area contributed by atoms with E-state index >= 15 is 0 Å². The number of amides is 1. The van der Waals surface area contributed by atoms with Crippen LogP contribution in [0.25, 0.3) is 0 Å². The van der Waals surface area contributed by atoms with Gasteiger partial charge in [0.25, 0.3) is 0 Å². The molecule has 0 saturated heterocycles. The molecular formula is C8H19NO3Si. The van der Waals surface area contributed by atoms with E-state index in [1.165, 1.54) is 11.8 Å². The Balaban J connectivity index is 4.38. The van der Waals surface area contributed by atoms with E-state index in [4.69, 9.17) is 4.43 Å². The third-order valence-electron chi connectivity index (χ3n) is 2.29. The van der Waals surface area contributed by atoms with Gasteiger partial charge in [-0.3, -0.25) is 4.79 Å². The quantitative estimate of drug-likeness (QED) is 0.680. The van der Waals surface area contributed by atoms with Gasteiger partial charge in [0.2, 0.25) is 5.91 Å². The van der Waals surface area contributed by atoms with Crippen LogP contribution in [-0.4, -0.2) is 43.5 Å². The summed E-state index contributed by atoms with van der Waals surface area (Å²) in [6, 6.07) is 0. The molecule has 0 saturated carbocycles. The Hall–Kier alpha value is -0.393. The fourth-order valence-corrected chi connectivity index (χ4v) is 2.77. The van der Waals surface area contributed by atoms with Crippen LogP contribution in [0.3, 0.4) is 0 Å². The Morgan fingerprint density at radius 1 is 1.69 bits per heavy atom. The Kier molecular flexibility index (Phi) is 4.59. The van der Waals surface area contributed by atoms with Crippen LogP contribution >= 0.6 is 0 Å². The second-order valence-corrected chi connectivity index (χ2v) is 6.53. The van der Waals surface area contributed by atoms with Crippen LogP contribution in [0.1, 0.15) is 20.8 Å². The zero-order valence-electron chi connectivity index (χ0n) is 9.00. The average molecular weight is 205 g/mol. The van der Waals surface area contributed by atoms with Crippen molar-refractivity contribution in [3.8, 4) is 0 Å². The summed E-state index contributed by atoms with van der Waals surface area (Å²) < 4.78 is 5.26. The molecule has 0 fully saturated rings. The molecule has 78 valence electrons. The van der Waals surface area contributed by atoms with Crippen LogP contribution in [0.15, 0.2) is 0 Å². The molecule has 0 aromatic rings. The lowest BCUT2D eigenvalue weighted by Gasteiger charge is -2.32. The highest BCUT2D eigenvalue weighted by Crippen LogP contribution is 2.11. The Morgan fingerprint density at radius 3 is 2.46 bits per heavy atom. The van der Waals surface area contributed by atoms with Crippen LogP contribution in [0.2, 0.25) is 6.55 Å². The maximum Gasteiger partial charge on any atom is 0.355 e. The van der Waals surface area contributed by atoms with E-state index in [9.17, 15) is 9.59 Å². The summed E-state index contributed by atoms with van der Waals surface area (Å²) >= 11 is 0. The maximum absolute atomic E-state index is 11.0. The van der Waals surface area contributed by atoms with Gasteiger partial charge in [0.15, 0.2) is 0 Å².